The molecule has 0 aromatic rings. The third kappa shape index (κ3) is 18.8. The minimum absolute atomic E-state index is 0.680. The zero-order chi connectivity index (χ0) is 22.2. The summed E-state index contributed by atoms with van der Waals surface area (Å²) >= 11 is 0. The van der Waals surface area contributed by atoms with Gasteiger partial charge in [0.15, 0.2) is 0 Å². The van der Waals surface area contributed by atoms with Gasteiger partial charge in [-0.15, -0.1) is 0 Å². The SMILES string of the molecule is CCCCCCCCCCO[Si](OCCCCC)(OCCCCC)OCCCCC. The second-order valence-corrected chi connectivity index (χ2v) is 10.6. The predicted octanol–water partition coefficient (Wildman–Crippen LogP) is 8.20. The molecule has 0 saturated carbocycles. The summed E-state index contributed by atoms with van der Waals surface area (Å²) in [6, 6.07) is 0. The molecule has 0 unspecified atom stereocenters. The summed E-state index contributed by atoms with van der Waals surface area (Å²) < 4.78 is 25.0. The van der Waals surface area contributed by atoms with Crippen molar-refractivity contribution < 1.29 is 17.7 Å². The van der Waals surface area contributed by atoms with E-state index >= 15 is 0 Å². The third-order valence-electron chi connectivity index (χ3n) is 5.36. The van der Waals surface area contributed by atoms with Crippen LogP contribution in [0.1, 0.15) is 137 Å². The Morgan fingerprint density at radius 2 is 0.567 bits per heavy atom. The van der Waals surface area contributed by atoms with Crippen molar-refractivity contribution in [2.45, 2.75) is 137 Å². The van der Waals surface area contributed by atoms with E-state index in [2.05, 4.69) is 27.7 Å². The lowest BCUT2D eigenvalue weighted by Gasteiger charge is -2.28. The van der Waals surface area contributed by atoms with Crippen LogP contribution in [0.5, 0.6) is 0 Å². The molecule has 30 heavy (non-hydrogen) atoms. The fourth-order valence-corrected chi connectivity index (χ4v) is 5.41. The Kier molecular flexibility index (Phi) is 23.8. The monoisotopic (exact) mass is 446 g/mol. The molecule has 0 aliphatic carbocycles. The van der Waals surface area contributed by atoms with Crippen LogP contribution in [-0.4, -0.2) is 35.5 Å². The van der Waals surface area contributed by atoms with Crippen LogP contribution in [-0.2, 0) is 17.7 Å². The summed E-state index contributed by atoms with van der Waals surface area (Å²) in [4.78, 5) is 0. The van der Waals surface area contributed by atoms with E-state index in [4.69, 9.17) is 17.7 Å². The summed E-state index contributed by atoms with van der Waals surface area (Å²) in [6.45, 7) is 11.6. The van der Waals surface area contributed by atoms with Crippen molar-refractivity contribution >= 4 is 9.05 Å². The van der Waals surface area contributed by atoms with Gasteiger partial charge in [0.1, 0.15) is 0 Å². The van der Waals surface area contributed by atoms with E-state index in [-0.39, 0.29) is 0 Å². The van der Waals surface area contributed by atoms with E-state index in [9.17, 15) is 0 Å². The molecule has 0 bridgehead atoms. The smallest absolute Gasteiger partial charge is 0.351 e. The van der Waals surface area contributed by atoms with Gasteiger partial charge < -0.3 is 17.7 Å². The van der Waals surface area contributed by atoms with Crippen LogP contribution in [0, 0.1) is 0 Å². The fraction of sp³-hybridized carbons (Fsp3) is 1.00. The average Bonchev–Trinajstić information content (AvgIpc) is 2.76. The molecule has 0 spiro atoms. The Morgan fingerprint density at radius 3 is 0.900 bits per heavy atom. The Balaban J connectivity index is 4.50. The molecule has 0 fully saturated rings. The standard InChI is InChI=1S/C25H54O4Si/c1-5-9-13-14-15-16-17-21-25-29-30(26-22-18-10-6-2,27-23-19-11-7-3)28-24-20-12-8-4/h5-25H2,1-4H3. The van der Waals surface area contributed by atoms with Crippen molar-refractivity contribution in [2.24, 2.45) is 0 Å². The molecule has 182 valence electrons. The van der Waals surface area contributed by atoms with Crippen molar-refractivity contribution in [3.8, 4) is 0 Å². The lowest BCUT2D eigenvalue weighted by Crippen LogP contribution is -2.50. The second-order valence-electron chi connectivity index (χ2n) is 8.49. The van der Waals surface area contributed by atoms with Gasteiger partial charge in [-0.1, -0.05) is 111 Å². The highest BCUT2D eigenvalue weighted by molar-refractivity contribution is 6.53. The lowest BCUT2D eigenvalue weighted by atomic mass is 10.1. The van der Waals surface area contributed by atoms with Crippen molar-refractivity contribution in [3.63, 3.8) is 0 Å². The van der Waals surface area contributed by atoms with Crippen LogP contribution < -0.4 is 0 Å². The van der Waals surface area contributed by atoms with Crippen molar-refractivity contribution in [1.29, 1.82) is 0 Å². The number of hydrogen-bond acceptors (Lipinski definition) is 4. The molecule has 0 N–H and O–H groups in total. The van der Waals surface area contributed by atoms with E-state index in [1.165, 1.54) is 83.5 Å². The predicted molar refractivity (Wildman–Crippen MR) is 131 cm³/mol. The van der Waals surface area contributed by atoms with Gasteiger partial charge in [0.25, 0.3) is 0 Å². The van der Waals surface area contributed by atoms with Gasteiger partial charge in [0.2, 0.25) is 0 Å². The summed E-state index contributed by atoms with van der Waals surface area (Å²) in [7, 11) is -3.03. The summed E-state index contributed by atoms with van der Waals surface area (Å²) in [5.74, 6) is 0. The largest absolute Gasteiger partial charge is 0.679 e. The number of hydrogen-bond donors (Lipinski definition) is 0. The van der Waals surface area contributed by atoms with Gasteiger partial charge >= 0.3 is 9.05 Å². The van der Waals surface area contributed by atoms with Crippen molar-refractivity contribution in [3.05, 3.63) is 0 Å². The number of unbranched alkanes of at least 4 members (excludes halogenated alkanes) is 13. The minimum Gasteiger partial charge on any atom is -0.351 e. The molecule has 0 aromatic heterocycles. The normalized spacial score (nSPS) is 12.0. The van der Waals surface area contributed by atoms with Crippen LogP contribution in [0.15, 0.2) is 0 Å². The van der Waals surface area contributed by atoms with Crippen LogP contribution in [0.3, 0.4) is 0 Å². The first-order valence-corrected chi connectivity index (χ1v) is 14.9. The second kappa shape index (κ2) is 23.7. The first-order chi connectivity index (χ1) is 14.7. The van der Waals surface area contributed by atoms with E-state index in [1.54, 1.807) is 0 Å². The molecule has 0 aliphatic rings. The molecule has 0 aromatic carbocycles. The summed E-state index contributed by atoms with van der Waals surface area (Å²) in [5, 5.41) is 0. The Morgan fingerprint density at radius 1 is 0.333 bits per heavy atom. The first kappa shape index (κ1) is 30.1. The van der Waals surface area contributed by atoms with Gasteiger partial charge in [0.05, 0.1) is 0 Å². The molecule has 5 heteroatoms. The van der Waals surface area contributed by atoms with Crippen molar-refractivity contribution in [1.82, 2.24) is 0 Å². The summed E-state index contributed by atoms with van der Waals surface area (Å²) in [6.07, 6.45) is 20.6. The molecule has 0 saturated heterocycles. The molecule has 0 aliphatic heterocycles. The highest BCUT2D eigenvalue weighted by atomic mass is 28.4. The van der Waals surface area contributed by atoms with E-state index < -0.39 is 9.05 Å². The first-order valence-electron chi connectivity index (χ1n) is 13.3. The summed E-state index contributed by atoms with van der Waals surface area (Å²) in [5.41, 5.74) is 0. The molecular formula is C25H54O4Si. The Hall–Kier alpha value is 0.0569. The highest BCUT2D eigenvalue weighted by Crippen LogP contribution is 2.17. The van der Waals surface area contributed by atoms with Crippen LogP contribution in [0.2, 0.25) is 0 Å². The molecule has 0 heterocycles. The van der Waals surface area contributed by atoms with E-state index in [1.807, 2.05) is 0 Å². The molecule has 0 rings (SSSR count). The zero-order valence-electron chi connectivity index (χ0n) is 21.0. The maximum Gasteiger partial charge on any atom is 0.679 e. The topological polar surface area (TPSA) is 36.9 Å². The van der Waals surface area contributed by atoms with Crippen LogP contribution in [0.4, 0.5) is 0 Å². The van der Waals surface area contributed by atoms with Gasteiger partial charge in [-0.05, 0) is 25.7 Å². The van der Waals surface area contributed by atoms with Crippen molar-refractivity contribution in [2.75, 3.05) is 26.4 Å². The molecule has 0 atom stereocenters. The van der Waals surface area contributed by atoms with E-state index in [0.29, 0.717) is 26.4 Å². The van der Waals surface area contributed by atoms with Gasteiger partial charge in [0, 0.05) is 26.4 Å². The van der Waals surface area contributed by atoms with Gasteiger partial charge in [-0.2, -0.15) is 0 Å². The minimum atomic E-state index is -3.03. The Labute approximate surface area is 190 Å². The molecule has 0 amide bonds. The fourth-order valence-electron chi connectivity index (χ4n) is 3.33. The third-order valence-corrected chi connectivity index (χ3v) is 7.59. The quantitative estimate of drug-likeness (QED) is 0.105. The highest BCUT2D eigenvalue weighted by Gasteiger charge is 2.45. The molecule has 4 nitrogen and oxygen atoms in total. The average molecular weight is 447 g/mol. The molecular weight excluding hydrogens is 392 g/mol. The lowest BCUT2D eigenvalue weighted by molar-refractivity contribution is -0.0374. The Bertz CT molecular complexity index is 297. The zero-order valence-corrected chi connectivity index (χ0v) is 22.0. The number of rotatable bonds is 25. The maximum absolute atomic E-state index is 6.29. The van der Waals surface area contributed by atoms with Crippen LogP contribution >= 0.6 is 0 Å². The molecule has 0 radical (unpaired) electrons. The van der Waals surface area contributed by atoms with Crippen LogP contribution in [0.25, 0.3) is 0 Å². The van der Waals surface area contributed by atoms with Gasteiger partial charge in [-0.25, -0.2) is 0 Å². The maximum atomic E-state index is 6.29. The van der Waals surface area contributed by atoms with Gasteiger partial charge in [-0.3, -0.25) is 0 Å². The van der Waals surface area contributed by atoms with E-state index in [0.717, 1.165) is 25.7 Å².